The SMILES string of the molecule is O=C(CNS(=O)(=O)c1cc(-c2noc(C3CCC3)n2)cs1)N1CCc2ccccc21. The number of nitrogens with one attached hydrogen (secondary N) is 1. The monoisotopic (exact) mass is 444 g/mol. The molecule has 0 unspecified atom stereocenters. The highest BCUT2D eigenvalue weighted by molar-refractivity contribution is 7.91. The van der Waals surface area contributed by atoms with Gasteiger partial charge >= 0.3 is 0 Å². The third kappa shape index (κ3) is 3.55. The standard InChI is InChI=1S/C20H20N4O4S2/c25-17(24-9-8-13-4-1-2-7-16(13)24)11-21-30(26,27)18-10-15(12-29-18)19-22-20(28-23-19)14-5-3-6-14/h1-2,4,7,10,12,14,21H,3,5-6,8-9,11H2. The first-order chi connectivity index (χ1) is 14.5. The molecule has 30 heavy (non-hydrogen) atoms. The van der Waals surface area contributed by atoms with Crippen LogP contribution in [0.25, 0.3) is 11.4 Å². The molecule has 1 amide bonds. The molecular weight excluding hydrogens is 424 g/mol. The molecule has 1 saturated carbocycles. The van der Waals surface area contributed by atoms with Crippen LogP contribution in [0.1, 0.15) is 36.6 Å². The molecule has 5 rings (SSSR count). The lowest BCUT2D eigenvalue weighted by atomic mass is 9.85. The average Bonchev–Trinajstić information content (AvgIpc) is 3.43. The molecule has 8 nitrogen and oxygen atoms in total. The molecule has 3 aromatic rings. The van der Waals surface area contributed by atoms with Gasteiger partial charge in [-0.15, -0.1) is 11.3 Å². The van der Waals surface area contributed by atoms with E-state index in [1.807, 2.05) is 24.3 Å². The number of para-hydroxylation sites is 1. The number of aromatic nitrogens is 2. The minimum atomic E-state index is -3.82. The number of fused-ring (bicyclic) bond motifs is 1. The van der Waals surface area contributed by atoms with Gasteiger partial charge in [0.05, 0.1) is 6.54 Å². The third-order valence-electron chi connectivity index (χ3n) is 5.60. The highest BCUT2D eigenvalue weighted by Gasteiger charge is 2.28. The van der Waals surface area contributed by atoms with Crippen molar-refractivity contribution in [2.24, 2.45) is 0 Å². The quantitative estimate of drug-likeness (QED) is 0.627. The summed E-state index contributed by atoms with van der Waals surface area (Å²) in [6.07, 6.45) is 4.03. The van der Waals surface area contributed by atoms with Gasteiger partial charge in [0.2, 0.25) is 17.6 Å². The molecule has 3 heterocycles. The summed E-state index contributed by atoms with van der Waals surface area (Å²) >= 11 is 1.06. The van der Waals surface area contributed by atoms with Gasteiger partial charge in [0.25, 0.3) is 10.0 Å². The van der Waals surface area contributed by atoms with E-state index >= 15 is 0 Å². The Labute approximate surface area is 178 Å². The lowest BCUT2D eigenvalue weighted by Gasteiger charge is -2.20. The number of rotatable bonds is 6. The second-order valence-corrected chi connectivity index (χ2v) is 10.4. The highest BCUT2D eigenvalue weighted by Crippen LogP contribution is 2.36. The number of hydrogen-bond donors (Lipinski definition) is 1. The van der Waals surface area contributed by atoms with Crippen LogP contribution in [0, 0.1) is 0 Å². The minimum Gasteiger partial charge on any atom is -0.339 e. The van der Waals surface area contributed by atoms with Crippen molar-refractivity contribution in [3.05, 3.63) is 47.2 Å². The maximum atomic E-state index is 12.7. The number of amides is 1. The largest absolute Gasteiger partial charge is 0.339 e. The zero-order valence-corrected chi connectivity index (χ0v) is 17.7. The lowest BCUT2D eigenvalue weighted by Crippen LogP contribution is -2.39. The molecule has 0 saturated heterocycles. The van der Waals surface area contributed by atoms with Crippen LogP contribution >= 0.6 is 11.3 Å². The number of anilines is 1. The number of carbonyl (C=O) groups excluding carboxylic acids is 1. The number of hydrogen-bond acceptors (Lipinski definition) is 7. The average molecular weight is 445 g/mol. The molecule has 0 radical (unpaired) electrons. The fraction of sp³-hybridized carbons (Fsp3) is 0.350. The molecular formula is C20H20N4O4S2. The first-order valence-corrected chi connectivity index (χ1v) is 12.2. The van der Waals surface area contributed by atoms with Gasteiger partial charge in [-0.2, -0.15) is 4.98 Å². The molecule has 0 spiro atoms. The lowest BCUT2D eigenvalue weighted by molar-refractivity contribution is -0.117. The van der Waals surface area contributed by atoms with Crippen LogP contribution < -0.4 is 9.62 Å². The first kappa shape index (κ1) is 19.4. The normalized spacial score (nSPS) is 16.5. The Balaban J connectivity index is 1.26. The summed E-state index contributed by atoms with van der Waals surface area (Å²) in [5, 5.41) is 5.66. The van der Waals surface area contributed by atoms with E-state index in [9.17, 15) is 13.2 Å². The number of sulfonamides is 1. The van der Waals surface area contributed by atoms with Gasteiger partial charge in [-0.3, -0.25) is 4.79 Å². The van der Waals surface area contributed by atoms with Crippen molar-refractivity contribution in [2.45, 2.75) is 35.8 Å². The van der Waals surface area contributed by atoms with Crippen molar-refractivity contribution in [1.29, 1.82) is 0 Å². The van der Waals surface area contributed by atoms with Gasteiger partial charge in [-0.25, -0.2) is 13.1 Å². The Bertz CT molecular complexity index is 1200. The molecule has 1 N–H and O–H groups in total. The van der Waals surface area contributed by atoms with Crippen molar-refractivity contribution in [2.75, 3.05) is 18.0 Å². The van der Waals surface area contributed by atoms with Crippen LogP contribution in [0.2, 0.25) is 0 Å². The van der Waals surface area contributed by atoms with Crippen LogP contribution in [0.5, 0.6) is 0 Å². The molecule has 2 aliphatic rings. The number of carbonyl (C=O) groups is 1. The van der Waals surface area contributed by atoms with Crippen LogP contribution in [-0.4, -0.2) is 37.6 Å². The molecule has 1 aromatic carbocycles. The summed E-state index contributed by atoms with van der Waals surface area (Å²) < 4.78 is 33.2. The Kier molecular flexibility index (Phi) is 4.92. The molecule has 2 aromatic heterocycles. The Morgan fingerprint density at radius 1 is 1.30 bits per heavy atom. The van der Waals surface area contributed by atoms with E-state index in [0.29, 0.717) is 29.7 Å². The van der Waals surface area contributed by atoms with Crippen molar-refractivity contribution in [1.82, 2.24) is 14.9 Å². The molecule has 1 fully saturated rings. The summed E-state index contributed by atoms with van der Waals surface area (Å²) in [4.78, 5) is 18.6. The fourth-order valence-corrected chi connectivity index (χ4v) is 5.85. The van der Waals surface area contributed by atoms with E-state index in [4.69, 9.17) is 4.52 Å². The Morgan fingerprint density at radius 3 is 2.93 bits per heavy atom. The maximum absolute atomic E-state index is 12.7. The predicted molar refractivity (Wildman–Crippen MR) is 112 cm³/mol. The van der Waals surface area contributed by atoms with Gasteiger partial charge in [-0.05, 0) is 37.0 Å². The van der Waals surface area contributed by atoms with E-state index in [1.54, 1.807) is 10.3 Å². The maximum Gasteiger partial charge on any atom is 0.250 e. The van der Waals surface area contributed by atoms with Gasteiger partial charge in [0.1, 0.15) is 4.21 Å². The summed E-state index contributed by atoms with van der Waals surface area (Å²) in [7, 11) is -3.82. The van der Waals surface area contributed by atoms with E-state index in [0.717, 1.165) is 48.3 Å². The summed E-state index contributed by atoms with van der Waals surface area (Å²) in [6.45, 7) is 0.266. The second-order valence-electron chi connectivity index (χ2n) is 7.49. The van der Waals surface area contributed by atoms with Gasteiger partial charge < -0.3 is 9.42 Å². The van der Waals surface area contributed by atoms with Crippen molar-refractivity contribution in [3.63, 3.8) is 0 Å². The van der Waals surface area contributed by atoms with Crippen LogP contribution in [-0.2, 0) is 21.2 Å². The third-order valence-corrected chi connectivity index (χ3v) is 8.44. The molecule has 1 aliphatic carbocycles. The van der Waals surface area contributed by atoms with E-state index in [2.05, 4.69) is 14.9 Å². The van der Waals surface area contributed by atoms with Gasteiger partial charge in [-0.1, -0.05) is 29.8 Å². The second kappa shape index (κ2) is 7.60. The van der Waals surface area contributed by atoms with E-state index in [1.165, 1.54) is 6.07 Å². The van der Waals surface area contributed by atoms with E-state index in [-0.39, 0.29) is 16.7 Å². The fourth-order valence-electron chi connectivity index (χ4n) is 3.67. The molecule has 0 bridgehead atoms. The van der Waals surface area contributed by atoms with Crippen molar-refractivity contribution >= 4 is 33.0 Å². The zero-order chi connectivity index (χ0) is 20.7. The van der Waals surface area contributed by atoms with E-state index < -0.39 is 10.0 Å². The minimum absolute atomic E-state index is 0.113. The number of nitrogens with zero attached hydrogens (tertiary/aromatic N) is 3. The van der Waals surface area contributed by atoms with Crippen molar-refractivity contribution in [3.8, 4) is 11.4 Å². The number of thiophene rings is 1. The Morgan fingerprint density at radius 2 is 2.13 bits per heavy atom. The topological polar surface area (TPSA) is 105 Å². The highest BCUT2D eigenvalue weighted by atomic mass is 32.2. The molecule has 0 atom stereocenters. The van der Waals surface area contributed by atoms with Crippen LogP contribution in [0.4, 0.5) is 5.69 Å². The van der Waals surface area contributed by atoms with Crippen molar-refractivity contribution < 1.29 is 17.7 Å². The Hall–Kier alpha value is -2.56. The number of benzene rings is 1. The summed E-state index contributed by atoms with van der Waals surface area (Å²) in [6, 6.07) is 9.17. The molecule has 10 heteroatoms. The van der Waals surface area contributed by atoms with Crippen LogP contribution in [0.15, 0.2) is 44.4 Å². The van der Waals surface area contributed by atoms with Crippen LogP contribution in [0.3, 0.4) is 0 Å². The van der Waals surface area contributed by atoms with Gasteiger partial charge in [0, 0.05) is 29.1 Å². The molecule has 1 aliphatic heterocycles. The predicted octanol–water partition coefficient (Wildman–Crippen LogP) is 2.93. The molecule has 156 valence electrons. The first-order valence-electron chi connectivity index (χ1n) is 9.82. The van der Waals surface area contributed by atoms with Gasteiger partial charge in [0.15, 0.2) is 0 Å². The smallest absolute Gasteiger partial charge is 0.250 e. The summed E-state index contributed by atoms with van der Waals surface area (Å²) in [5.74, 6) is 1.04. The zero-order valence-electron chi connectivity index (χ0n) is 16.1. The summed E-state index contributed by atoms with van der Waals surface area (Å²) in [5.41, 5.74) is 2.53.